The van der Waals surface area contributed by atoms with Crippen LogP contribution in [0.1, 0.15) is 13.8 Å². The molecule has 14 heavy (non-hydrogen) atoms. The zero-order valence-corrected chi connectivity index (χ0v) is 9.26. The molecule has 0 aromatic heterocycles. The summed E-state index contributed by atoms with van der Waals surface area (Å²) in [7, 11) is -3.41. The highest BCUT2D eigenvalue weighted by Gasteiger charge is 2.37. The van der Waals surface area contributed by atoms with Gasteiger partial charge in [0.15, 0.2) is 5.75 Å². The minimum absolute atomic E-state index is 0.434. The summed E-state index contributed by atoms with van der Waals surface area (Å²) < 4.78 is 24.8. The highest BCUT2D eigenvalue weighted by atomic mass is 32.2. The van der Waals surface area contributed by atoms with Gasteiger partial charge >= 0.3 is 0 Å². The second-order valence-corrected chi connectivity index (χ2v) is 5.87. The van der Waals surface area contributed by atoms with Crippen molar-refractivity contribution < 1.29 is 8.42 Å². The number of nitrogens with one attached hydrogen (secondary N) is 1. The highest BCUT2D eigenvalue weighted by Crippen LogP contribution is 2.20. The Kier molecular flexibility index (Phi) is 3.14. The van der Waals surface area contributed by atoms with Crippen LogP contribution in [-0.4, -0.2) is 43.6 Å². The summed E-state index contributed by atoms with van der Waals surface area (Å²) in [4.78, 5) is 0. The summed E-state index contributed by atoms with van der Waals surface area (Å²) in [5.74, 6) is -0.434. The highest BCUT2D eigenvalue weighted by molar-refractivity contribution is 7.89. The van der Waals surface area contributed by atoms with Gasteiger partial charge in [-0.15, -0.1) is 0 Å². The molecule has 0 atom stereocenters. The van der Waals surface area contributed by atoms with E-state index < -0.39 is 21.3 Å². The number of sulfonamides is 1. The van der Waals surface area contributed by atoms with E-state index in [1.807, 2.05) is 13.8 Å². The summed E-state index contributed by atoms with van der Waals surface area (Å²) in [6, 6.07) is 1.69. The average molecular weight is 217 g/mol. The number of hydrogen-bond donors (Lipinski definition) is 1. The lowest BCUT2D eigenvalue weighted by atomic mass is 10.0. The molecule has 0 aromatic rings. The van der Waals surface area contributed by atoms with Crippen molar-refractivity contribution in [3.05, 3.63) is 0 Å². The van der Waals surface area contributed by atoms with E-state index in [1.165, 1.54) is 4.31 Å². The number of nitrogens with zero attached hydrogens (tertiary/aromatic N) is 2. The molecule has 1 N–H and O–H groups in total. The molecule has 0 radical (unpaired) electrons. The van der Waals surface area contributed by atoms with E-state index in [9.17, 15) is 8.42 Å². The maximum absolute atomic E-state index is 11.7. The van der Waals surface area contributed by atoms with Crippen LogP contribution in [0.15, 0.2) is 0 Å². The van der Waals surface area contributed by atoms with Crippen molar-refractivity contribution in [3.63, 3.8) is 0 Å². The van der Waals surface area contributed by atoms with Crippen LogP contribution in [0.5, 0.6) is 0 Å². The van der Waals surface area contributed by atoms with Crippen LogP contribution in [0.25, 0.3) is 0 Å². The molecule has 0 spiro atoms. The molecule has 1 saturated heterocycles. The molecule has 6 heteroatoms. The SMILES string of the molecule is CC1(C)CNCCN1S(=O)(=O)CC#N. The Bertz CT molecular complexity index is 342. The maximum atomic E-state index is 11.7. The third-order valence-electron chi connectivity index (χ3n) is 2.31. The summed E-state index contributed by atoms with van der Waals surface area (Å²) in [6.45, 7) is 5.42. The van der Waals surface area contributed by atoms with Crippen molar-refractivity contribution in [2.75, 3.05) is 25.4 Å². The molecule has 0 amide bonds. The van der Waals surface area contributed by atoms with Crippen molar-refractivity contribution >= 4 is 10.0 Å². The fraction of sp³-hybridized carbons (Fsp3) is 0.875. The van der Waals surface area contributed by atoms with E-state index in [4.69, 9.17) is 5.26 Å². The van der Waals surface area contributed by atoms with Crippen LogP contribution in [-0.2, 0) is 10.0 Å². The van der Waals surface area contributed by atoms with Crippen LogP contribution < -0.4 is 5.32 Å². The lowest BCUT2D eigenvalue weighted by Crippen LogP contribution is -2.60. The summed E-state index contributed by atoms with van der Waals surface area (Å²) in [5, 5.41) is 11.6. The number of piperazine rings is 1. The Morgan fingerprint density at radius 3 is 2.71 bits per heavy atom. The number of nitriles is 1. The van der Waals surface area contributed by atoms with Gasteiger partial charge in [0.25, 0.3) is 0 Å². The van der Waals surface area contributed by atoms with Gasteiger partial charge in [0.05, 0.1) is 6.07 Å². The molecule has 0 unspecified atom stereocenters. The lowest BCUT2D eigenvalue weighted by molar-refractivity contribution is 0.186. The largest absolute Gasteiger partial charge is 0.314 e. The third-order valence-corrected chi connectivity index (χ3v) is 4.15. The molecule has 0 aliphatic carbocycles. The Morgan fingerprint density at radius 2 is 2.21 bits per heavy atom. The molecule has 80 valence electrons. The zero-order chi connectivity index (χ0) is 10.8. The Hall–Kier alpha value is -0.640. The van der Waals surface area contributed by atoms with E-state index in [2.05, 4.69) is 5.32 Å². The van der Waals surface area contributed by atoms with Crippen LogP contribution >= 0.6 is 0 Å². The molecule has 0 saturated carbocycles. The second-order valence-electron chi connectivity index (χ2n) is 3.98. The molecular formula is C8H15N3O2S. The number of rotatable bonds is 2. The van der Waals surface area contributed by atoms with Crippen LogP contribution in [0.4, 0.5) is 0 Å². The van der Waals surface area contributed by atoms with Crippen molar-refractivity contribution in [3.8, 4) is 6.07 Å². The molecule has 1 aliphatic rings. The van der Waals surface area contributed by atoms with Crippen molar-refractivity contribution in [1.82, 2.24) is 9.62 Å². The summed E-state index contributed by atoms with van der Waals surface area (Å²) in [5.41, 5.74) is -0.437. The average Bonchev–Trinajstić information content (AvgIpc) is 2.02. The molecule has 1 fully saturated rings. The first-order chi connectivity index (χ1) is 6.40. The first-order valence-electron chi connectivity index (χ1n) is 4.48. The standard InChI is InChI=1S/C8H15N3O2S/c1-8(2)7-10-4-5-11(8)14(12,13)6-3-9/h10H,4-7H2,1-2H3. The van der Waals surface area contributed by atoms with Gasteiger partial charge in [-0.3, -0.25) is 0 Å². The Labute approximate surface area is 84.8 Å². The van der Waals surface area contributed by atoms with Gasteiger partial charge in [0.1, 0.15) is 0 Å². The Balaban J connectivity index is 2.91. The first kappa shape index (κ1) is 11.4. The molecule has 0 aromatic carbocycles. The topological polar surface area (TPSA) is 73.2 Å². The van der Waals surface area contributed by atoms with E-state index in [0.717, 1.165) is 0 Å². The van der Waals surface area contributed by atoms with Gasteiger partial charge in [-0.1, -0.05) is 0 Å². The zero-order valence-electron chi connectivity index (χ0n) is 8.45. The van der Waals surface area contributed by atoms with Gasteiger partial charge < -0.3 is 5.32 Å². The van der Waals surface area contributed by atoms with E-state index >= 15 is 0 Å². The van der Waals surface area contributed by atoms with Crippen LogP contribution in [0, 0.1) is 11.3 Å². The predicted molar refractivity (Wildman–Crippen MR) is 53.1 cm³/mol. The van der Waals surface area contributed by atoms with Gasteiger partial charge in [-0.2, -0.15) is 9.57 Å². The van der Waals surface area contributed by atoms with Crippen molar-refractivity contribution in [1.29, 1.82) is 5.26 Å². The normalized spacial score (nSPS) is 22.9. The maximum Gasteiger partial charge on any atom is 0.228 e. The molecule has 1 heterocycles. The monoisotopic (exact) mass is 217 g/mol. The quantitative estimate of drug-likeness (QED) is 0.678. The van der Waals surface area contributed by atoms with Gasteiger partial charge in [-0.05, 0) is 13.8 Å². The minimum Gasteiger partial charge on any atom is -0.314 e. The van der Waals surface area contributed by atoms with Gasteiger partial charge in [-0.25, -0.2) is 8.42 Å². The minimum atomic E-state index is -3.41. The summed E-state index contributed by atoms with van der Waals surface area (Å²) in [6.07, 6.45) is 0. The smallest absolute Gasteiger partial charge is 0.228 e. The number of hydrogen-bond acceptors (Lipinski definition) is 4. The summed E-state index contributed by atoms with van der Waals surface area (Å²) >= 11 is 0. The van der Waals surface area contributed by atoms with Crippen LogP contribution in [0.2, 0.25) is 0 Å². The Morgan fingerprint density at radius 1 is 1.57 bits per heavy atom. The van der Waals surface area contributed by atoms with E-state index in [1.54, 1.807) is 6.07 Å². The second kappa shape index (κ2) is 3.85. The van der Waals surface area contributed by atoms with E-state index in [0.29, 0.717) is 19.6 Å². The fourth-order valence-electron chi connectivity index (χ4n) is 1.64. The molecule has 1 rings (SSSR count). The van der Waals surface area contributed by atoms with Crippen molar-refractivity contribution in [2.24, 2.45) is 0 Å². The molecule has 1 aliphatic heterocycles. The molecule has 0 bridgehead atoms. The lowest BCUT2D eigenvalue weighted by Gasteiger charge is -2.41. The van der Waals surface area contributed by atoms with E-state index in [-0.39, 0.29) is 0 Å². The molecular weight excluding hydrogens is 202 g/mol. The fourth-order valence-corrected chi connectivity index (χ4v) is 3.15. The van der Waals surface area contributed by atoms with Crippen molar-refractivity contribution in [2.45, 2.75) is 19.4 Å². The third kappa shape index (κ3) is 2.23. The van der Waals surface area contributed by atoms with Gasteiger partial charge in [0, 0.05) is 25.2 Å². The molecule has 5 nitrogen and oxygen atoms in total. The van der Waals surface area contributed by atoms with Crippen LogP contribution in [0.3, 0.4) is 0 Å². The first-order valence-corrected chi connectivity index (χ1v) is 6.09. The predicted octanol–water partition coefficient (Wildman–Crippen LogP) is -0.476. The van der Waals surface area contributed by atoms with Gasteiger partial charge in [0.2, 0.25) is 10.0 Å².